The molecule has 0 bridgehead atoms. The summed E-state index contributed by atoms with van der Waals surface area (Å²) in [4.78, 5) is 22.6. The average molecular weight is 363 g/mol. The highest BCUT2D eigenvalue weighted by Gasteiger charge is 2.23. The van der Waals surface area contributed by atoms with Crippen molar-refractivity contribution in [1.82, 2.24) is 4.31 Å². The summed E-state index contributed by atoms with van der Waals surface area (Å²) in [5.74, 6) is -1.83. The van der Waals surface area contributed by atoms with E-state index in [1.54, 1.807) is 24.3 Å². The number of likely N-dealkylation sites (N-methyl/N-ethyl adjacent to an activating group) is 1. The molecule has 0 fully saturated rings. The van der Waals surface area contributed by atoms with Gasteiger partial charge in [-0.15, -0.1) is 0 Å². The molecule has 0 heterocycles. The van der Waals surface area contributed by atoms with Crippen molar-refractivity contribution in [3.8, 4) is 0 Å². The number of aromatic carboxylic acids is 1. The van der Waals surface area contributed by atoms with Crippen molar-refractivity contribution in [1.29, 1.82) is 0 Å². The lowest BCUT2D eigenvalue weighted by molar-refractivity contribution is -0.144. The van der Waals surface area contributed by atoms with Gasteiger partial charge in [-0.2, -0.15) is 4.31 Å². The molecular formula is C17H17NO6S. The summed E-state index contributed by atoms with van der Waals surface area (Å²) in [6.07, 6.45) is 0. The van der Waals surface area contributed by atoms with Crippen LogP contribution in [0.3, 0.4) is 0 Å². The first-order valence-electron chi connectivity index (χ1n) is 7.30. The van der Waals surface area contributed by atoms with Crippen LogP contribution in [0.4, 0.5) is 0 Å². The molecule has 0 radical (unpaired) electrons. The van der Waals surface area contributed by atoms with E-state index in [9.17, 15) is 18.0 Å². The smallest absolute Gasteiger partial charge is 0.335 e. The van der Waals surface area contributed by atoms with Gasteiger partial charge in [0.1, 0.15) is 13.2 Å². The van der Waals surface area contributed by atoms with Crippen molar-refractivity contribution in [2.24, 2.45) is 0 Å². The van der Waals surface area contributed by atoms with Crippen LogP contribution in [-0.2, 0) is 26.2 Å². The van der Waals surface area contributed by atoms with Crippen molar-refractivity contribution in [2.45, 2.75) is 11.5 Å². The van der Waals surface area contributed by atoms with E-state index in [1.807, 2.05) is 6.07 Å². The van der Waals surface area contributed by atoms with Crippen LogP contribution in [0.5, 0.6) is 0 Å². The second-order valence-corrected chi connectivity index (χ2v) is 7.28. The van der Waals surface area contributed by atoms with Gasteiger partial charge in [0, 0.05) is 7.05 Å². The van der Waals surface area contributed by atoms with Crippen LogP contribution in [0, 0.1) is 0 Å². The van der Waals surface area contributed by atoms with Crippen LogP contribution in [0.15, 0.2) is 59.5 Å². The fourth-order valence-corrected chi connectivity index (χ4v) is 3.12. The molecule has 1 N–H and O–H groups in total. The minimum absolute atomic E-state index is 0.0242. The van der Waals surface area contributed by atoms with Crippen molar-refractivity contribution in [3.05, 3.63) is 65.7 Å². The Morgan fingerprint density at radius 1 is 1.04 bits per heavy atom. The maximum Gasteiger partial charge on any atom is 0.335 e. The van der Waals surface area contributed by atoms with E-state index < -0.39 is 28.5 Å². The lowest BCUT2D eigenvalue weighted by atomic mass is 10.2. The molecular weight excluding hydrogens is 346 g/mol. The Balaban J connectivity index is 1.99. The summed E-state index contributed by atoms with van der Waals surface area (Å²) in [6.45, 7) is -0.392. The van der Waals surface area contributed by atoms with E-state index >= 15 is 0 Å². The number of nitrogens with zero attached hydrogens (tertiary/aromatic N) is 1. The van der Waals surface area contributed by atoms with Gasteiger partial charge < -0.3 is 9.84 Å². The van der Waals surface area contributed by atoms with Crippen LogP contribution in [0.1, 0.15) is 15.9 Å². The summed E-state index contributed by atoms with van der Waals surface area (Å²) in [5.41, 5.74) is 0.773. The number of carboxylic acids is 1. The fourth-order valence-electron chi connectivity index (χ4n) is 2.00. The molecule has 0 saturated heterocycles. The number of esters is 1. The summed E-state index contributed by atoms with van der Waals surface area (Å²) < 4.78 is 30.7. The Hall–Kier alpha value is -2.71. The number of hydrogen-bond donors (Lipinski definition) is 1. The molecule has 0 amide bonds. The van der Waals surface area contributed by atoms with Crippen LogP contribution in [0.25, 0.3) is 0 Å². The van der Waals surface area contributed by atoms with Crippen LogP contribution in [0.2, 0.25) is 0 Å². The third-order valence-corrected chi connectivity index (χ3v) is 5.22. The van der Waals surface area contributed by atoms with Crippen LogP contribution < -0.4 is 0 Å². The molecule has 0 saturated carbocycles. The molecule has 0 atom stereocenters. The number of rotatable bonds is 7. The normalized spacial score (nSPS) is 11.3. The predicted octanol–water partition coefficient (Wildman–Crippen LogP) is 1.75. The fraction of sp³-hybridized carbons (Fsp3) is 0.176. The summed E-state index contributed by atoms with van der Waals surface area (Å²) in [6, 6.07) is 13.8. The standard InChI is InChI=1S/C17H17NO6S/c1-18(11-16(19)24-12-13-5-3-2-4-6-13)25(22,23)15-9-7-14(8-10-15)17(20)21/h2-10H,11-12H2,1H3,(H,20,21). The third kappa shape index (κ3) is 4.88. The van der Waals surface area contributed by atoms with Gasteiger partial charge >= 0.3 is 11.9 Å². The highest BCUT2D eigenvalue weighted by Crippen LogP contribution is 2.15. The Labute approximate surface area is 145 Å². The van der Waals surface area contributed by atoms with E-state index in [2.05, 4.69) is 0 Å². The second kappa shape index (κ2) is 7.91. The Bertz CT molecular complexity index is 846. The predicted molar refractivity (Wildman–Crippen MR) is 89.5 cm³/mol. The average Bonchev–Trinajstić information content (AvgIpc) is 2.60. The van der Waals surface area contributed by atoms with Gasteiger partial charge in [0.05, 0.1) is 10.5 Å². The number of carboxylic acid groups (broad SMARTS) is 1. The zero-order valence-electron chi connectivity index (χ0n) is 13.5. The minimum Gasteiger partial charge on any atom is -0.478 e. The molecule has 0 aliphatic rings. The maximum absolute atomic E-state index is 12.4. The molecule has 0 unspecified atom stereocenters. The molecule has 0 aromatic heterocycles. The molecule has 7 nitrogen and oxygen atoms in total. The van der Waals surface area contributed by atoms with Crippen LogP contribution >= 0.6 is 0 Å². The second-order valence-electron chi connectivity index (χ2n) is 5.24. The Morgan fingerprint density at radius 2 is 1.64 bits per heavy atom. The molecule has 2 rings (SSSR count). The van der Waals surface area contributed by atoms with Crippen LogP contribution in [-0.4, -0.2) is 43.4 Å². The Morgan fingerprint density at radius 3 is 2.20 bits per heavy atom. The molecule has 0 aliphatic carbocycles. The lowest BCUT2D eigenvalue weighted by Crippen LogP contribution is -2.33. The topological polar surface area (TPSA) is 101 Å². The monoisotopic (exact) mass is 363 g/mol. The summed E-state index contributed by atoms with van der Waals surface area (Å²) >= 11 is 0. The number of ether oxygens (including phenoxy) is 1. The molecule has 8 heteroatoms. The van der Waals surface area contributed by atoms with Gasteiger partial charge in [0.25, 0.3) is 0 Å². The van der Waals surface area contributed by atoms with Gasteiger partial charge in [0.15, 0.2) is 0 Å². The lowest BCUT2D eigenvalue weighted by Gasteiger charge is -2.16. The first kappa shape index (κ1) is 18.6. The van der Waals surface area contributed by atoms with Crippen molar-refractivity contribution in [3.63, 3.8) is 0 Å². The van der Waals surface area contributed by atoms with E-state index in [4.69, 9.17) is 9.84 Å². The van der Waals surface area contributed by atoms with Gasteiger partial charge in [0.2, 0.25) is 10.0 Å². The van der Waals surface area contributed by atoms with E-state index in [0.29, 0.717) is 0 Å². The van der Waals surface area contributed by atoms with Gasteiger partial charge in [-0.25, -0.2) is 13.2 Å². The molecule has 25 heavy (non-hydrogen) atoms. The molecule has 0 aliphatic heterocycles. The van der Waals surface area contributed by atoms with E-state index in [-0.39, 0.29) is 17.1 Å². The van der Waals surface area contributed by atoms with E-state index in [0.717, 1.165) is 9.87 Å². The molecule has 132 valence electrons. The third-order valence-electron chi connectivity index (χ3n) is 3.40. The zero-order chi connectivity index (χ0) is 18.4. The first-order chi connectivity index (χ1) is 11.8. The van der Waals surface area contributed by atoms with Crippen molar-refractivity contribution >= 4 is 22.0 Å². The summed E-state index contributed by atoms with van der Waals surface area (Å²) in [7, 11) is -2.67. The highest BCUT2D eigenvalue weighted by molar-refractivity contribution is 7.89. The SMILES string of the molecule is CN(CC(=O)OCc1ccccc1)S(=O)(=O)c1ccc(C(=O)O)cc1. The quantitative estimate of drug-likeness (QED) is 0.752. The number of hydrogen-bond acceptors (Lipinski definition) is 5. The number of benzene rings is 2. The maximum atomic E-state index is 12.4. The molecule has 2 aromatic carbocycles. The number of carbonyl (C=O) groups excluding carboxylic acids is 1. The van der Waals surface area contributed by atoms with Gasteiger partial charge in [-0.3, -0.25) is 4.79 Å². The number of sulfonamides is 1. The van der Waals surface area contributed by atoms with Gasteiger partial charge in [-0.1, -0.05) is 30.3 Å². The summed E-state index contributed by atoms with van der Waals surface area (Å²) in [5, 5.41) is 8.84. The zero-order valence-corrected chi connectivity index (χ0v) is 14.3. The Kier molecular flexibility index (Phi) is 5.89. The molecule has 2 aromatic rings. The van der Waals surface area contributed by atoms with Gasteiger partial charge in [-0.05, 0) is 29.8 Å². The van der Waals surface area contributed by atoms with Crippen molar-refractivity contribution in [2.75, 3.05) is 13.6 Å². The largest absolute Gasteiger partial charge is 0.478 e. The molecule has 0 spiro atoms. The number of carbonyl (C=O) groups is 2. The van der Waals surface area contributed by atoms with E-state index in [1.165, 1.54) is 31.3 Å². The van der Waals surface area contributed by atoms with Crippen molar-refractivity contribution < 1.29 is 27.9 Å². The first-order valence-corrected chi connectivity index (χ1v) is 8.74. The highest BCUT2D eigenvalue weighted by atomic mass is 32.2. The minimum atomic E-state index is -3.92.